The number of hydrogen-bond acceptors (Lipinski definition) is 0. The van der Waals surface area contributed by atoms with Crippen LogP contribution in [0.2, 0.25) is 0 Å². The average molecular weight is 348 g/mol. The fourth-order valence-corrected chi connectivity index (χ4v) is 5.11. The van der Waals surface area contributed by atoms with Crippen LogP contribution in [0, 0.1) is 0 Å². The summed E-state index contributed by atoms with van der Waals surface area (Å²) in [4.78, 5) is 0. The molecule has 0 aromatic heterocycles. The summed E-state index contributed by atoms with van der Waals surface area (Å²) in [5.41, 5.74) is 8.61. The van der Waals surface area contributed by atoms with Gasteiger partial charge in [0, 0.05) is 5.41 Å². The Morgan fingerprint density at radius 3 is 2.11 bits per heavy atom. The third kappa shape index (κ3) is 2.23. The molecule has 0 fully saturated rings. The Kier molecular flexibility index (Phi) is 3.68. The first-order valence-electron chi connectivity index (χ1n) is 10.0. The molecule has 0 aliphatic heterocycles. The highest BCUT2D eigenvalue weighted by Crippen LogP contribution is 2.53. The summed E-state index contributed by atoms with van der Waals surface area (Å²) in [6.07, 6.45) is 2.26. The smallest absolute Gasteiger partial charge is 0.0210 e. The van der Waals surface area contributed by atoms with E-state index >= 15 is 0 Å². The van der Waals surface area contributed by atoms with Gasteiger partial charge in [-0.15, -0.1) is 0 Å². The van der Waals surface area contributed by atoms with Gasteiger partial charge >= 0.3 is 0 Å². The van der Waals surface area contributed by atoms with E-state index in [-0.39, 0.29) is 5.41 Å². The van der Waals surface area contributed by atoms with Gasteiger partial charge in [0.15, 0.2) is 0 Å². The van der Waals surface area contributed by atoms with Gasteiger partial charge in [-0.25, -0.2) is 0 Å². The zero-order chi connectivity index (χ0) is 18.4. The molecule has 0 atom stereocenters. The summed E-state index contributed by atoms with van der Waals surface area (Å²) in [5.74, 6) is 0. The van der Waals surface area contributed by atoms with Gasteiger partial charge in [-0.1, -0.05) is 92.7 Å². The first kappa shape index (κ1) is 16.3. The summed E-state index contributed by atoms with van der Waals surface area (Å²) in [6.45, 7) is 4.67. The van der Waals surface area contributed by atoms with Crippen molar-refractivity contribution in [2.24, 2.45) is 0 Å². The molecular weight excluding hydrogens is 324 g/mol. The van der Waals surface area contributed by atoms with Crippen LogP contribution < -0.4 is 0 Å². The number of rotatable bonds is 3. The Morgan fingerprint density at radius 2 is 1.26 bits per heavy atom. The molecule has 0 unspecified atom stereocenters. The van der Waals surface area contributed by atoms with E-state index < -0.39 is 0 Å². The lowest BCUT2D eigenvalue weighted by Crippen LogP contribution is -2.23. The van der Waals surface area contributed by atoms with Crippen molar-refractivity contribution in [3.8, 4) is 22.3 Å². The fourth-order valence-electron chi connectivity index (χ4n) is 5.11. The lowest BCUT2D eigenvalue weighted by molar-refractivity contribution is 0.490. The Hall–Kier alpha value is -2.86. The Labute approximate surface area is 161 Å². The molecule has 0 amide bonds. The summed E-state index contributed by atoms with van der Waals surface area (Å²) < 4.78 is 0. The highest BCUT2D eigenvalue weighted by Gasteiger charge is 2.40. The van der Waals surface area contributed by atoms with Gasteiger partial charge in [-0.2, -0.15) is 0 Å². The maximum absolute atomic E-state index is 2.46. The molecule has 0 spiro atoms. The molecule has 0 heteroatoms. The average Bonchev–Trinajstić information content (AvgIpc) is 3.03. The van der Waals surface area contributed by atoms with Crippen molar-refractivity contribution in [2.75, 3.05) is 0 Å². The topological polar surface area (TPSA) is 0 Å². The largest absolute Gasteiger partial charge is 0.0642 e. The van der Waals surface area contributed by atoms with Crippen LogP contribution in [0.15, 0.2) is 84.9 Å². The first-order valence-corrected chi connectivity index (χ1v) is 10.0. The zero-order valence-corrected chi connectivity index (χ0v) is 16.0. The standard InChI is InChI=1S/C27H24/c1-3-27(4-2)25-15-8-7-13-23(25)24-17-16-20(18-26(24)27)22-14-9-11-19-10-5-6-12-21(19)22/h5-18H,3-4H2,1-2H3. The van der Waals surface area contributed by atoms with E-state index in [2.05, 4.69) is 98.8 Å². The van der Waals surface area contributed by atoms with Gasteiger partial charge in [-0.3, -0.25) is 0 Å². The third-order valence-electron chi connectivity index (χ3n) is 6.58. The second kappa shape index (κ2) is 6.09. The van der Waals surface area contributed by atoms with Crippen LogP contribution in [-0.2, 0) is 5.41 Å². The normalized spacial score (nSPS) is 14.1. The van der Waals surface area contributed by atoms with E-state index in [1.54, 1.807) is 0 Å². The molecule has 0 saturated heterocycles. The SMILES string of the molecule is CCC1(CC)c2ccccc2-c2ccc(-c3cccc4ccccc34)cc21. The van der Waals surface area contributed by atoms with Crippen LogP contribution in [-0.4, -0.2) is 0 Å². The van der Waals surface area contributed by atoms with Crippen LogP contribution in [0.25, 0.3) is 33.0 Å². The van der Waals surface area contributed by atoms with Crippen LogP contribution in [0.5, 0.6) is 0 Å². The lowest BCUT2D eigenvalue weighted by atomic mass is 9.73. The molecule has 27 heavy (non-hydrogen) atoms. The van der Waals surface area contributed by atoms with Gasteiger partial charge in [0.25, 0.3) is 0 Å². The Bertz CT molecular complexity index is 1140. The molecule has 0 heterocycles. The molecule has 0 N–H and O–H groups in total. The molecular formula is C27H24. The van der Waals surface area contributed by atoms with Crippen molar-refractivity contribution in [1.82, 2.24) is 0 Å². The van der Waals surface area contributed by atoms with E-state index in [0.717, 1.165) is 12.8 Å². The molecule has 1 aliphatic rings. The predicted octanol–water partition coefficient (Wildman–Crippen LogP) is 7.59. The molecule has 132 valence electrons. The van der Waals surface area contributed by atoms with Gasteiger partial charge in [0.05, 0.1) is 0 Å². The highest BCUT2D eigenvalue weighted by atomic mass is 14.4. The summed E-state index contributed by atoms with van der Waals surface area (Å²) in [5, 5.41) is 2.63. The van der Waals surface area contributed by atoms with Crippen LogP contribution >= 0.6 is 0 Å². The Balaban J connectivity index is 1.78. The van der Waals surface area contributed by atoms with Crippen LogP contribution in [0.1, 0.15) is 37.8 Å². The third-order valence-corrected chi connectivity index (χ3v) is 6.58. The minimum atomic E-state index is 0.131. The van der Waals surface area contributed by atoms with Gasteiger partial charge in [0.1, 0.15) is 0 Å². The van der Waals surface area contributed by atoms with Crippen molar-refractivity contribution >= 4 is 10.8 Å². The highest BCUT2D eigenvalue weighted by molar-refractivity contribution is 5.97. The molecule has 5 rings (SSSR count). The minimum Gasteiger partial charge on any atom is -0.0642 e. The van der Waals surface area contributed by atoms with E-state index in [4.69, 9.17) is 0 Å². The summed E-state index contributed by atoms with van der Waals surface area (Å²) in [6, 6.07) is 31.4. The predicted molar refractivity (Wildman–Crippen MR) is 116 cm³/mol. The molecule has 4 aromatic carbocycles. The van der Waals surface area contributed by atoms with Crippen molar-refractivity contribution in [3.63, 3.8) is 0 Å². The monoisotopic (exact) mass is 348 g/mol. The first-order chi connectivity index (χ1) is 13.3. The maximum Gasteiger partial charge on any atom is 0.0210 e. The summed E-state index contributed by atoms with van der Waals surface area (Å²) >= 11 is 0. The van der Waals surface area contributed by atoms with E-state index in [9.17, 15) is 0 Å². The second-order valence-electron chi connectivity index (χ2n) is 7.62. The van der Waals surface area contributed by atoms with Crippen molar-refractivity contribution < 1.29 is 0 Å². The molecule has 0 bridgehead atoms. The molecule has 0 radical (unpaired) electrons. The maximum atomic E-state index is 2.46. The molecule has 0 saturated carbocycles. The number of benzene rings is 4. The van der Waals surface area contributed by atoms with E-state index in [0.29, 0.717) is 0 Å². The second-order valence-corrected chi connectivity index (χ2v) is 7.62. The summed E-state index contributed by atoms with van der Waals surface area (Å²) in [7, 11) is 0. The van der Waals surface area contributed by atoms with E-state index in [1.807, 2.05) is 0 Å². The van der Waals surface area contributed by atoms with Crippen molar-refractivity contribution in [3.05, 3.63) is 96.1 Å². The van der Waals surface area contributed by atoms with Gasteiger partial charge < -0.3 is 0 Å². The van der Waals surface area contributed by atoms with E-state index in [1.165, 1.54) is 44.2 Å². The van der Waals surface area contributed by atoms with Crippen molar-refractivity contribution in [1.29, 1.82) is 0 Å². The minimum absolute atomic E-state index is 0.131. The van der Waals surface area contributed by atoms with Crippen molar-refractivity contribution in [2.45, 2.75) is 32.1 Å². The lowest BCUT2D eigenvalue weighted by Gasteiger charge is -2.30. The Morgan fingerprint density at radius 1 is 0.593 bits per heavy atom. The molecule has 1 aliphatic carbocycles. The quantitative estimate of drug-likeness (QED) is 0.358. The molecule has 4 aromatic rings. The fraction of sp³-hybridized carbons (Fsp3) is 0.185. The molecule has 0 nitrogen and oxygen atoms in total. The zero-order valence-electron chi connectivity index (χ0n) is 16.0. The van der Waals surface area contributed by atoms with Crippen LogP contribution in [0.3, 0.4) is 0 Å². The number of fused-ring (bicyclic) bond motifs is 4. The number of hydrogen-bond donors (Lipinski definition) is 0. The van der Waals surface area contributed by atoms with Crippen LogP contribution in [0.4, 0.5) is 0 Å². The van der Waals surface area contributed by atoms with Gasteiger partial charge in [0.2, 0.25) is 0 Å². The van der Waals surface area contributed by atoms with Gasteiger partial charge in [-0.05, 0) is 63.1 Å².